The van der Waals surface area contributed by atoms with Gasteiger partial charge in [0.25, 0.3) is 11.8 Å². The number of nitrogens with one attached hydrogen (secondary N) is 2. The van der Waals surface area contributed by atoms with Crippen LogP contribution in [-0.4, -0.2) is 37.5 Å². The van der Waals surface area contributed by atoms with Crippen molar-refractivity contribution in [3.05, 3.63) is 35.4 Å². The van der Waals surface area contributed by atoms with Gasteiger partial charge in [0.15, 0.2) is 0 Å². The Morgan fingerprint density at radius 2 is 1.14 bits per heavy atom. The monoisotopic (exact) mass is 308 g/mol. The van der Waals surface area contributed by atoms with E-state index in [1.54, 1.807) is 24.3 Å². The molecule has 2 amide bonds. The summed E-state index contributed by atoms with van der Waals surface area (Å²) in [5, 5.41) is 5.29. The molecule has 6 nitrogen and oxygen atoms in total. The number of amides is 2. The van der Waals surface area contributed by atoms with E-state index in [2.05, 4.69) is 10.6 Å². The van der Waals surface area contributed by atoms with Crippen molar-refractivity contribution in [3.63, 3.8) is 0 Å². The van der Waals surface area contributed by atoms with E-state index in [1.807, 2.05) is 27.7 Å². The topological polar surface area (TPSA) is 76.7 Å². The predicted molar refractivity (Wildman–Crippen MR) is 83.6 cm³/mol. The number of hydrogen-bond donors (Lipinski definition) is 2. The van der Waals surface area contributed by atoms with Crippen LogP contribution in [0, 0.1) is 0 Å². The first-order valence-electron chi connectivity index (χ1n) is 7.29. The molecule has 0 aliphatic rings. The van der Waals surface area contributed by atoms with E-state index in [-0.39, 0.29) is 37.5 Å². The van der Waals surface area contributed by atoms with Crippen molar-refractivity contribution in [1.29, 1.82) is 0 Å². The summed E-state index contributed by atoms with van der Waals surface area (Å²) in [5.41, 5.74) is 0.949. The van der Waals surface area contributed by atoms with Gasteiger partial charge in [0.2, 0.25) is 0 Å². The van der Waals surface area contributed by atoms with Crippen molar-refractivity contribution in [3.8, 4) is 0 Å². The van der Waals surface area contributed by atoms with Crippen molar-refractivity contribution in [2.45, 2.75) is 39.9 Å². The van der Waals surface area contributed by atoms with Crippen LogP contribution in [-0.2, 0) is 9.47 Å². The van der Waals surface area contributed by atoms with Gasteiger partial charge in [0.05, 0.1) is 12.2 Å². The highest BCUT2D eigenvalue weighted by atomic mass is 16.5. The summed E-state index contributed by atoms with van der Waals surface area (Å²) < 4.78 is 10.5. The lowest BCUT2D eigenvalue weighted by Gasteiger charge is -2.10. The average molecular weight is 308 g/mol. The van der Waals surface area contributed by atoms with Crippen LogP contribution in [0.15, 0.2) is 24.3 Å². The highest BCUT2D eigenvalue weighted by Crippen LogP contribution is 2.04. The zero-order chi connectivity index (χ0) is 16.5. The standard InChI is InChI=1S/C16H24N2O4/c1-11(2)21-9-17-15(19)13-5-7-14(8-6-13)16(20)18-10-22-12(3)4/h5-8,11-12H,9-10H2,1-4H3,(H,17,19)(H,18,20). The van der Waals surface area contributed by atoms with Crippen LogP contribution in [0.1, 0.15) is 48.4 Å². The molecule has 0 atom stereocenters. The van der Waals surface area contributed by atoms with E-state index >= 15 is 0 Å². The second kappa shape index (κ2) is 9.17. The zero-order valence-corrected chi connectivity index (χ0v) is 13.5. The SMILES string of the molecule is CC(C)OCNC(=O)c1ccc(C(=O)NCOC(C)C)cc1. The molecule has 22 heavy (non-hydrogen) atoms. The van der Waals surface area contributed by atoms with Gasteiger partial charge in [-0.1, -0.05) is 0 Å². The molecule has 0 saturated heterocycles. The van der Waals surface area contributed by atoms with Crippen LogP contribution in [0.25, 0.3) is 0 Å². The number of hydrogen-bond acceptors (Lipinski definition) is 4. The molecule has 1 rings (SSSR count). The summed E-state index contributed by atoms with van der Waals surface area (Å²) in [6.45, 7) is 7.88. The summed E-state index contributed by atoms with van der Waals surface area (Å²) in [4.78, 5) is 23.7. The minimum absolute atomic E-state index is 0.0550. The highest BCUT2D eigenvalue weighted by Gasteiger charge is 2.09. The maximum Gasteiger partial charge on any atom is 0.253 e. The second-order valence-electron chi connectivity index (χ2n) is 5.31. The predicted octanol–water partition coefficient (Wildman–Crippen LogP) is 1.91. The summed E-state index contributed by atoms with van der Waals surface area (Å²) >= 11 is 0. The van der Waals surface area contributed by atoms with Gasteiger partial charge in [-0.25, -0.2) is 0 Å². The molecule has 1 aromatic carbocycles. The Bertz CT molecular complexity index is 438. The molecule has 6 heteroatoms. The summed E-state index contributed by atoms with van der Waals surface area (Å²) in [7, 11) is 0. The number of benzene rings is 1. The molecule has 0 aliphatic heterocycles. The quantitative estimate of drug-likeness (QED) is 0.719. The lowest BCUT2D eigenvalue weighted by Crippen LogP contribution is -2.28. The van der Waals surface area contributed by atoms with Gasteiger partial charge in [0.1, 0.15) is 13.5 Å². The number of carbonyl (C=O) groups excluding carboxylic acids is 2. The molecular formula is C16H24N2O4. The number of rotatable bonds is 8. The summed E-state index contributed by atoms with van der Waals surface area (Å²) in [6, 6.07) is 6.40. The van der Waals surface area contributed by atoms with Crippen molar-refractivity contribution >= 4 is 11.8 Å². The van der Waals surface area contributed by atoms with Crippen molar-refractivity contribution in [2.24, 2.45) is 0 Å². The maximum atomic E-state index is 11.8. The highest BCUT2D eigenvalue weighted by molar-refractivity contribution is 5.97. The van der Waals surface area contributed by atoms with Crippen LogP contribution >= 0.6 is 0 Å². The Kier molecular flexibility index (Phi) is 7.56. The van der Waals surface area contributed by atoms with Crippen LogP contribution in [0.3, 0.4) is 0 Å². The first kappa shape index (κ1) is 18.1. The number of carbonyl (C=O) groups is 2. The van der Waals surface area contributed by atoms with Crippen molar-refractivity contribution in [1.82, 2.24) is 10.6 Å². The van der Waals surface area contributed by atoms with Crippen LogP contribution < -0.4 is 10.6 Å². The average Bonchev–Trinajstić information content (AvgIpc) is 2.46. The van der Waals surface area contributed by atoms with E-state index in [1.165, 1.54) is 0 Å². The minimum Gasteiger partial charge on any atom is -0.359 e. The van der Waals surface area contributed by atoms with E-state index < -0.39 is 0 Å². The van der Waals surface area contributed by atoms with Gasteiger partial charge in [-0.15, -0.1) is 0 Å². The molecule has 2 N–H and O–H groups in total. The maximum absolute atomic E-state index is 11.8. The summed E-state index contributed by atoms with van der Waals surface area (Å²) in [6.07, 6.45) is 0.110. The van der Waals surface area contributed by atoms with Gasteiger partial charge in [-0.05, 0) is 52.0 Å². The third-order valence-corrected chi connectivity index (χ3v) is 2.71. The Hall–Kier alpha value is -1.92. The Morgan fingerprint density at radius 1 is 0.818 bits per heavy atom. The molecule has 1 aromatic rings. The largest absolute Gasteiger partial charge is 0.359 e. The number of ether oxygens (including phenoxy) is 2. The van der Waals surface area contributed by atoms with Gasteiger partial charge in [0, 0.05) is 11.1 Å². The van der Waals surface area contributed by atoms with Crippen LogP contribution in [0.2, 0.25) is 0 Å². The fraction of sp³-hybridized carbons (Fsp3) is 0.500. The molecule has 122 valence electrons. The van der Waals surface area contributed by atoms with Crippen molar-refractivity contribution < 1.29 is 19.1 Å². The molecule has 0 heterocycles. The first-order valence-corrected chi connectivity index (χ1v) is 7.29. The zero-order valence-electron chi connectivity index (χ0n) is 13.5. The third kappa shape index (κ3) is 6.69. The Labute approximate surface area is 131 Å². The third-order valence-electron chi connectivity index (χ3n) is 2.71. The Balaban J connectivity index is 2.48. The van der Waals surface area contributed by atoms with Gasteiger partial charge < -0.3 is 20.1 Å². The van der Waals surface area contributed by atoms with E-state index in [0.29, 0.717) is 11.1 Å². The smallest absolute Gasteiger partial charge is 0.253 e. The van der Waals surface area contributed by atoms with E-state index in [0.717, 1.165) is 0 Å². The fourth-order valence-electron chi connectivity index (χ4n) is 1.52. The lowest BCUT2D eigenvalue weighted by atomic mass is 10.1. The molecule has 0 unspecified atom stereocenters. The molecule has 0 saturated carbocycles. The van der Waals surface area contributed by atoms with Gasteiger partial charge in [-0.3, -0.25) is 9.59 Å². The molecule has 0 radical (unpaired) electrons. The van der Waals surface area contributed by atoms with Crippen LogP contribution in [0.4, 0.5) is 0 Å². The fourth-order valence-corrected chi connectivity index (χ4v) is 1.52. The molecular weight excluding hydrogens is 284 g/mol. The van der Waals surface area contributed by atoms with E-state index in [9.17, 15) is 9.59 Å². The Morgan fingerprint density at radius 3 is 1.41 bits per heavy atom. The molecule has 0 aliphatic carbocycles. The van der Waals surface area contributed by atoms with Gasteiger partial charge >= 0.3 is 0 Å². The van der Waals surface area contributed by atoms with Gasteiger partial charge in [-0.2, -0.15) is 0 Å². The normalized spacial score (nSPS) is 10.8. The summed E-state index contributed by atoms with van der Waals surface area (Å²) in [5.74, 6) is -0.480. The van der Waals surface area contributed by atoms with Crippen LogP contribution in [0.5, 0.6) is 0 Å². The first-order chi connectivity index (χ1) is 10.4. The lowest BCUT2D eigenvalue weighted by molar-refractivity contribution is 0.0550. The second-order valence-corrected chi connectivity index (χ2v) is 5.31. The molecule has 0 spiro atoms. The van der Waals surface area contributed by atoms with Crippen molar-refractivity contribution in [2.75, 3.05) is 13.5 Å². The molecule has 0 aromatic heterocycles. The van der Waals surface area contributed by atoms with E-state index in [4.69, 9.17) is 9.47 Å². The minimum atomic E-state index is -0.240. The molecule has 0 fully saturated rings. The molecule has 0 bridgehead atoms.